The van der Waals surface area contributed by atoms with Crippen molar-refractivity contribution in [1.82, 2.24) is 4.90 Å². The highest BCUT2D eigenvalue weighted by Crippen LogP contribution is 2.40. The van der Waals surface area contributed by atoms with Crippen molar-refractivity contribution in [3.05, 3.63) is 12.4 Å². The average Bonchev–Trinajstić information content (AvgIpc) is 1.99. The first-order chi connectivity index (χ1) is 6.11. The fourth-order valence-electron chi connectivity index (χ4n) is 0.848. The fourth-order valence-corrected chi connectivity index (χ4v) is 1.55. The van der Waals surface area contributed by atoms with Crippen LogP contribution in [0.5, 0.6) is 0 Å². The molecule has 0 atom stereocenters. The summed E-state index contributed by atoms with van der Waals surface area (Å²) >= 11 is 0. The molecule has 0 N–H and O–H groups in total. The van der Waals surface area contributed by atoms with Crippen molar-refractivity contribution >= 4 is 20.3 Å². The van der Waals surface area contributed by atoms with Crippen LogP contribution in [0.3, 0.4) is 0 Å². The lowest BCUT2D eigenvalue weighted by Crippen LogP contribution is -2.34. The Labute approximate surface area is 77.2 Å². The van der Waals surface area contributed by atoms with Crippen molar-refractivity contribution in [2.75, 3.05) is 20.1 Å². The second kappa shape index (κ2) is 4.35. The van der Waals surface area contributed by atoms with Gasteiger partial charge in [-0.2, -0.15) is 0 Å². The molecule has 1 heterocycles. The molecule has 5 nitrogen and oxygen atoms in total. The first-order valence-electron chi connectivity index (χ1n) is 3.63. The minimum atomic E-state index is -1.57. The first-order valence-corrected chi connectivity index (χ1v) is 4.88. The van der Waals surface area contributed by atoms with Gasteiger partial charge in [-0.15, -0.1) is 0 Å². The van der Waals surface area contributed by atoms with Gasteiger partial charge in [-0.25, -0.2) is 0 Å². The van der Waals surface area contributed by atoms with E-state index >= 15 is 0 Å². The Kier molecular flexibility index (Phi) is 3.39. The lowest BCUT2D eigenvalue weighted by Gasteiger charge is -2.21. The van der Waals surface area contributed by atoms with Gasteiger partial charge >= 0.3 is 20.3 Å². The fraction of sp³-hybridized carbons (Fsp3) is 0.429. The Morgan fingerprint density at radius 3 is 2.23 bits per heavy atom. The maximum Gasteiger partial charge on any atom is 0.325 e. The molecule has 13 heavy (non-hydrogen) atoms. The number of carbonyl (C=O) groups is 2. The highest BCUT2D eigenvalue weighted by molar-refractivity contribution is 7.51. The van der Waals surface area contributed by atoms with E-state index in [1.807, 2.05) is 0 Å². The molecule has 6 heteroatoms. The Bertz CT molecular complexity index is 223. The second-order valence-corrected chi connectivity index (χ2v) is 3.87. The van der Waals surface area contributed by atoms with Crippen LogP contribution in [0.1, 0.15) is 0 Å². The largest absolute Gasteiger partial charge is 0.402 e. The summed E-state index contributed by atoms with van der Waals surface area (Å²) < 4.78 is 9.61. The van der Waals surface area contributed by atoms with Gasteiger partial charge in [-0.3, -0.25) is 14.5 Å². The predicted octanol–water partition coefficient (Wildman–Crippen LogP) is 0.474. The molecule has 0 aromatic carbocycles. The molecule has 1 fully saturated rings. The highest BCUT2D eigenvalue weighted by atomic mass is 31.2. The summed E-state index contributed by atoms with van der Waals surface area (Å²) in [6.45, 7) is 3.60. The SMILES string of the molecule is C=CP1OC(=O)CN(C)CC(=O)O1. The molecule has 72 valence electrons. The van der Waals surface area contributed by atoms with Gasteiger partial charge in [0.25, 0.3) is 0 Å². The third kappa shape index (κ3) is 3.13. The number of rotatable bonds is 1. The Morgan fingerprint density at radius 1 is 1.38 bits per heavy atom. The molecule has 0 saturated carbocycles. The van der Waals surface area contributed by atoms with Gasteiger partial charge in [0.05, 0.1) is 13.1 Å². The van der Waals surface area contributed by atoms with E-state index in [2.05, 4.69) is 6.58 Å². The third-order valence-electron chi connectivity index (χ3n) is 1.33. The first kappa shape index (κ1) is 10.2. The van der Waals surface area contributed by atoms with Crippen molar-refractivity contribution in [3.8, 4) is 0 Å². The van der Waals surface area contributed by atoms with Crippen LogP contribution in [-0.4, -0.2) is 37.0 Å². The van der Waals surface area contributed by atoms with Crippen LogP contribution in [0.4, 0.5) is 0 Å². The van der Waals surface area contributed by atoms with Gasteiger partial charge in [0, 0.05) is 5.82 Å². The van der Waals surface area contributed by atoms with Gasteiger partial charge in [-0.05, 0) is 7.05 Å². The van der Waals surface area contributed by atoms with Crippen molar-refractivity contribution in [2.45, 2.75) is 0 Å². The summed E-state index contributed by atoms with van der Waals surface area (Å²) in [4.78, 5) is 23.6. The summed E-state index contributed by atoms with van der Waals surface area (Å²) in [5.74, 6) is 0.526. The molecule has 1 saturated heterocycles. The van der Waals surface area contributed by atoms with Crippen LogP contribution in [0, 0.1) is 0 Å². The maximum atomic E-state index is 11.0. The summed E-state index contributed by atoms with van der Waals surface area (Å²) in [5.41, 5.74) is 0. The predicted molar refractivity (Wildman–Crippen MR) is 46.8 cm³/mol. The van der Waals surface area contributed by atoms with E-state index in [1.54, 1.807) is 7.05 Å². The van der Waals surface area contributed by atoms with Crippen molar-refractivity contribution in [3.63, 3.8) is 0 Å². The van der Waals surface area contributed by atoms with E-state index in [4.69, 9.17) is 9.05 Å². The molecular weight excluding hydrogens is 193 g/mol. The Balaban J connectivity index is 2.63. The van der Waals surface area contributed by atoms with Crippen molar-refractivity contribution < 1.29 is 18.6 Å². The molecule has 0 spiro atoms. The standard InChI is InChI=1S/C7H10NO4P/c1-3-13-11-6(9)4-8(2)5-7(10)12-13/h3H,1,4-5H2,2H3. The second-order valence-electron chi connectivity index (χ2n) is 2.57. The smallest absolute Gasteiger partial charge is 0.325 e. The van der Waals surface area contributed by atoms with Crippen molar-refractivity contribution in [1.29, 1.82) is 0 Å². The highest BCUT2D eigenvalue weighted by Gasteiger charge is 2.23. The third-order valence-corrected chi connectivity index (χ3v) is 2.40. The van der Waals surface area contributed by atoms with E-state index in [1.165, 1.54) is 10.7 Å². The Morgan fingerprint density at radius 2 is 1.85 bits per heavy atom. The minimum Gasteiger partial charge on any atom is -0.402 e. The van der Waals surface area contributed by atoms with E-state index in [0.29, 0.717) is 0 Å². The number of hydrogen-bond donors (Lipinski definition) is 0. The molecule has 0 radical (unpaired) electrons. The number of nitrogens with zero attached hydrogens (tertiary/aromatic N) is 1. The van der Waals surface area contributed by atoms with Gasteiger partial charge in [-0.1, -0.05) is 6.58 Å². The number of hydrogen-bond acceptors (Lipinski definition) is 5. The molecule has 1 rings (SSSR count). The summed E-state index contributed by atoms with van der Waals surface area (Å²) in [5, 5.41) is 0. The van der Waals surface area contributed by atoms with Crippen LogP contribution in [0.2, 0.25) is 0 Å². The molecule has 0 unspecified atom stereocenters. The lowest BCUT2D eigenvalue weighted by molar-refractivity contribution is -0.142. The zero-order chi connectivity index (χ0) is 9.84. The molecule has 0 amide bonds. The molecule has 0 aromatic rings. The topological polar surface area (TPSA) is 55.8 Å². The number of carbonyl (C=O) groups excluding carboxylic acids is 2. The molecule has 0 aliphatic carbocycles. The normalized spacial score (nSPS) is 21.3. The quantitative estimate of drug-likeness (QED) is 0.580. The van der Waals surface area contributed by atoms with Crippen molar-refractivity contribution in [2.24, 2.45) is 0 Å². The summed E-state index contributed by atoms with van der Waals surface area (Å²) in [7, 11) is 0.0701. The zero-order valence-corrected chi connectivity index (χ0v) is 8.12. The zero-order valence-electron chi connectivity index (χ0n) is 7.23. The lowest BCUT2D eigenvalue weighted by atomic mass is 10.5. The Hall–Kier alpha value is -0.930. The molecule has 0 aromatic heterocycles. The number of likely N-dealkylation sites (N-methyl/N-ethyl adjacent to an activating group) is 1. The van der Waals surface area contributed by atoms with Crippen LogP contribution < -0.4 is 0 Å². The van der Waals surface area contributed by atoms with E-state index < -0.39 is 20.3 Å². The van der Waals surface area contributed by atoms with Crippen LogP contribution in [0.15, 0.2) is 12.4 Å². The van der Waals surface area contributed by atoms with Crippen LogP contribution >= 0.6 is 8.38 Å². The van der Waals surface area contributed by atoms with E-state index in [0.717, 1.165) is 0 Å². The van der Waals surface area contributed by atoms with E-state index in [-0.39, 0.29) is 13.1 Å². The molecular formula is C7H10NO4P. The average molecular weight is 203 g/mol. The van der Waals surface area contributed by atoms with Crippen LogP contribution in [-0.2, 0) is 18.6 Å². The molecule has 1 aliphatic rings. The summed E-state index contributed by atoms with van der Waals surface area (Å²) in [6, 6.07) is 0. The van der Waals surface area contributed by atoms with Crippen LogP contribution in [0.25, 0.3) is 0 Å². The molecule has 1 aliphatic heterocycles. The monoisotopic (exact) mass is 203 g/mol. The van der Waals surface area contributed by atoms with Gasteiger partial charge in [0.1, 0.15) is 0 Å². The summed E-state index contributed by atoms with van der Waals surface area (Å²) in [6.07, 6.45) is 0. The molecule has 0 bridgehead atoms. The van der Waals surface area contributed by atoms with E-state index in [9.17, 15) is 9.59 Å². The van der Waals surface area contributed by atoms with Gasteiger partial charge in [0.15, 0.2) is 0 Å². The minimum absolute atomic E-state index is 0.0990. The van der Waals surface area contributed by atoms with Gasteiger partial charge in [0.2, 0.25) is 0 Å². The maximum absolute atomic E-state index is 11.0. The van der Waals surface area contributed by atoms with Gasteiger partial charge < -0.3 is 9.05 Å².